The fraction of sp³-hybridized carbons (Fsp3) is 0.333. The second-order valence-electron chi connectivity index (χ2n) is 12.0. The lowest BCUT2D eigenvalue weighted by Gasteiger charge is -2.43. The van der Waals surface area contributed by atoms with Crippen molar-refractivity contribution in [1.82, 2.24) is 10.2 Å². The van der Waals surface area contributed by atoms with E-state index in [0.29, 0.717) is 17.8 Å². The summed E-state index contributed by atoms with van der Waals surface area (Å²) in [6.45, 7) is 7.38. The average Bonchev–Trinajstić information content (AvgIpc) is 3.05. The molecule has 0 bridgehead atoms. The van der Waals surface area contributed by atoms with Crippen LogP contribution < -0.4 is 11.1 Å². The zero-order valence-corrected chi connectivity index (χ0v) is 26.4. The molecule has 0 spiro atoms. The molecule has 1 fully saturated rings. The van der Waals surface area contributed by atoms with Crippen LogP contribution in [0.1, 0.15) is 56.2 Å². The molecule has 10 nitrogen and oxygen atoms in total. The number of rotatable bonds is 10. The van der Waals surface area contributed by atoms with Crippen molar-refractivity contribution in [3.8, 4) is 0 Å². The molecule has 0 radical (unpaired) electrons. The Morgan fingerprint density at radius 3 is 2.13 bits per heavy atom. The Balaban J connectivity index is 1.32. The fourth-order valence-electron chi connectivity index (χ4n) is 6.54. The molecule has 5 rings (SSSR count). The minimum atomic E-state index is -1.02. The standard InChI is InChI=1S/C36H40N4O6/c1-24(2)46-35(42)32-31(26-11-10-16-29(23-26)40(43)44)30(25(3)38-33(32)37)34(41)45-22-21-39-19-17-36(18-20-39,27-12-6-4-7-13-27)28-14-8-5-9-15-28/h4-16,23-24,31,38H,17-22,37H2,1-3H3. The molecule has 2 aliphatic rings. The second-order valence-corrected chi connectivity index (χ2v) is 12.0. The van der Waals surface area contributed by atoms with Gasteiger partial charge in [-0.2, -0.15) is 0 Å². The van der Waals surface area contributed by atoms with Crippen molar-refractivity contribution in [3.63, 3.8) is 0 Å². The Morgan fingerprint density at radius 2 is 1.57 bits per heavy atom. The molecule has 1 saturated heterocycles. The fourth-order valence-corrected chi connectivity index (χ4v) is 6.54. The molecular formula is C36H40N4O6. The highest BCUT2D eigenvalue weighted by atomic mass is 16.6. The van der Waals surface area contributed by atoms with Crippen LogP contribution in [0.2, 0.25) is 0 Å². The van der Waals surface area contributed by atoms with Gasteiger partial charge in [0.25, 0.3) is 5.69 Å². The number of nitro groups is 1. The van der Waals surface area contributed by atoms with Crippen LogP contribution in [-0.4, -0.2) is 54.1 Å². The molecule has 2 aliphatic heterocycles. The molecule has 1 atom stereocenters. The minimum absolute atomic E-state index is 0.000872. The lowest BCUT2D eigenvalue weighted by atomic mass is 9.68. The van der Waals surface area contributed by atoms with E-state index in [2.05, 4.69) is 58.7 Å². The Morgan fingerprint density at radius 1 is 0.957 bits per heavy atom. The van der Waals surface area contributed by atoms with E-state index in [-0.39, 0.29) is 34.7 Å². The number of hydrogen-bond acceptors (Lipinski definition) is 9. The predicted octanol–water partition coefficient (Wildman–Crippen LogP) is 5.30. The summed E-state index contributed by atoms with van der Waals surface area (Å²) in [7, 11) is 0. The number of nitrogens with zero attached hydrogens (tertiary/aromatic N) is 2. The topological polar surface area (TPSA) is 137 Å². The first-order chi connectivity index (χ1) is 22.1. The van der Waals surface area contributed by atoms with Gasteiger partial charge in [0.05, 0.1) is 28.1 Å². The van der Waals surface area contributed by atoms with E-state index in [4.69, 9.17) is 15.2 Å². The highest BCUT2D eigenvalue weighted by Gasteiger charge is 2.40. The third-order valence-corrected chi connectivity index (χ3v) is 8.79. The monoisotopic (exact) mass is 624 g/mol. The van der Waals surface area contributed by atoms with Gasteiger partial charge in [0.2, 0.25) is 0 Å². The summed E-state index contributed by atoms with van der Waals surface area (Å²) in [5, 5.41) is 14.5. The number of hydrogen-bond donors (Lipinski definition) is 2. The van der Waals surface area contributed by atoms with Gasteiger partial charge in [0.15, 0.2) is 0 Å². The summed E-state index contributed by atoms with van der Waals surface area (Å²) in [6.07, 6.45) is 1.39. The number of carbonyl (C=O) groups is 2. The molecule has 46 heavy (non-hydrogen) atoms. The number of dihydropyridines is 1. The quantitative estimate of drug-likeness (QED) is 0.175. The van der Waals surface area contributed by atoms with E-state index in [9.17, 15) is 19.7 Å². The number of ether oxygens (including phenoxy) is 2. The van der Waals surface area contributed by atoms with Gasteiger partial charge in [0, 0.05) is 29.8 Å². The first-order valence-corrected chi connectivity index (χ1v) is 15.5. The van der Waals surface area contributed by atoms with Gasteiger partial charge in [-0.15, -0.1) is 0 Å². The van der Waals surface area contributed by atoms with Crippen molar-refractivity contribution >= 4 is 17.6 Å². The number of piperidine rings is 1. The number of benzene rings is 3. The molecule has 0 aromatic heterocycles. The van der Waals surface area contributed by atoms with E-state index in [1.165, 1.54) is 29.3 Å². The number of esters is 2. The van der Waals surface area contributed by atoms with Crippen LogP contribution in [0.15, 0.2) is 108 Å². The van der Waals surface area contributed by atoms with Crippen LogP contribution in [0.5, 0.6) is 0 Å². The van der Waals surface area contributed by atoms with Crippen LogP contribution in [0.4, 0.5) is 5.69 Å². The molecule has 0 amide bonds. The third kappa shape index (κ3) is 6.82. The highest BCUT2D eigenvalue weighted by Crippen LogP contribution is 2.42. The van der Waals surface area contributed by atoms with Crippen LogP contribution in [0.25, 0.3) is 0 Å². The Labute approximate surface area is 269 Å². The lowest BCUT2D eigenvalue weighted by Crippen LogP contribution is -2.44. The van der Waals surface area contributed by atoms with Gasteiger partial charge in [-0.25, -0.2) is 9.59 Å². The Kier molecular flexibility index (Phi) is 9.87. The van der Waals surface area contributed by atoms with Crippen LogP contribution in [-0.2, 0) is 24.5 Å². The Bertz CT molecular complexity index is 1600. The molecule has 3 N–H and O–H groups in total. The maximum Gasteiger partial charge on any atom is 0.338 e. The van der Waals surface area contributed by atoms with E-state index in [1.807, 2.05) is 12.1 Å². The van der Waals surface area contributed by atoms with Crippen molar-refractivity contribution < 1.29 is 24.0 Å². The van der Waals surface area contributed by atoms with Gasteiger partial charge < -0.3 is 20.5 Å². The summed E-state index contributed by atoms with van der Waals surface area (Å²) in [6, 6.07) is 27.0. The molecule has 240 valence electrons. The van der Waals surface area contributed by atoms with Crippen molar-refractivity contribution in [1.29, 1.82) is 0 Å². The number of likely N-dealkylation sites (tertiary alicyclic amines) is 1. The smallest absolute Gasteiger partial charge is 0.338 e. The normalized spacial score (nSPS) is 18.2. The maximum absolute atomic E-state index is 13.7. The summed E-state index contributed by atoms with van der Waals surface area (Å²) >= 11 is 0. The molecule has 3 aromatic carbocycles. The first-order valence-electron chi connectivity index (χ1n) is 15.5. The number of nitrogens with two attached hydrogens (primary N) is 1. The van der Waals surface area contributed by atoms with Gasteiger partial charge in [-0.1, -0.05) is 72.8 Å². The molecule has 10 heteroatoms. The number of nitro benzene ring substituents is 1. The summed E-state index contributed by atoms with van der Waals surface area (Å²) < 4.78 is 11.3. The zero-order chi connectivity index (χ0) is 32.8. The van der Waals surface area contributed by atoms with E-state index in [0.717, 1.165) is 25.9 Å². The molecule has 0 saturated carbocycles. The maximum atomic E-state index is 13.7. The van der Waals surface area contributed by atoms with E-state index >= 15 is 0 Å². The summed E-state index contributed by atoms with van der Waals surface area (Å²) in [5.41, 5.74) is 9.51. The number of non-ortho nitro benzene ring substituents is 1. The zero-order valence-electron chi connectivity index (χ0n) is 26.4. The largest absolute Gasteiger partial charge is 0.461 e. The van der Waals surface area contributed by atoms with Crippen molar-refractivity contribution in [2.45, 2.75) is 51.0 Å². The second kappa shape index (κ2) is 14.0. The SMILES string of the molecule is CC1=C(C(=O)OCCN2CCC(c3ccccc3)(c3ccccc3)CC2)C(c2cccc([N+](=O)[O-])c2)C(C(=O)OC(C)C)=C(N)N1. The number of allylic oxidation sites excluding steroid dienone is 1. The number of nitrogens with one attached hydrogen (secondary N) is 1. The Hall–Kier alpha value is -4.96. The van der Waals surface area contributed by atoms with Crippen LogP contribution in [0, 0.1) is 10.1 Å². The third-order valence-electron chi connectivity index (χ3n) is 8.79. The first kappa shape index (κ1) is 32.4. The van der Waals surface area contributed by atoms with Gasteiger partial charge in [0.1, 0.15) is 12.4 Å². The van der Waals surface area contributed by atoms with E-state index < -0.39 is 28.9 Å². The minimum Gasteiger partial charge on any atom is -0.461 e. The highest BCUT2D eigenvalue weighted by molar-refractivity contribution is 6.00. The average molecular weight is 625 g/mol. The van der Waals surface area contributed by atoms with Crippen LogP contribution in [0.3, 0.4) is 0 Å². The molecule has 2 heterocycles. The predicted molar refractivity (Wildman–Crippen MR) is 174 cm³/mol. The van der Waals surface area contributed by atoms with Gasteiger partial charge >= 0.3 is 11.9 Å². The van der Waals surface area contributed by atoms with Crippen molar-refractivity contribution in [2.24, 2.45) is 5.73 Å². The lowest BCUT2D eigenvalue weighted by molar-refractivity contribution is -0.384. The van der Waals surface area contributed by atoms with Gasteiger partial charge in [-0.3, -0.25) is 15.0 Å². The molecule has 0 aliphatic carbocycles. The molecule has 1 unspecified atom stereocenters. The number of carbonyl (C=O) groups excluding carboxylic acids is 2. The van der Waals surface area contributed by atoms with Crippen molar-refractivity contribution in [3.05, 3.63) is 134 Å². The van der Waals surface area contributed by atoms with Crippen molar-refractivity contribution in [2.75, 3.05) is 26.2 Å². The van der Waals surface area contributed by atoms with E-state index in [1.54, 1.807) is 26.8 Å². The molecular weight excluding hydrogens is 584 g/mol. The van der Waals surface area contributed by atoms with Gasteiger partial charge in [-0.05, 0) is 63.4 Å². The summed E-state index contributed by atoms with van der Waals surface area (Å²) in [4.78, 5) is 40.3. The summed E-state index contributed by atoms with van der Waals surface area (Å²) in [5.74, 6) is -2.36. The van der Waals surface area contributed by atoms with Crippen LogP contribution >= 0.6 is 0 Å². The molecule has 3 aromatic rings.